The van der Waals surface area contributed by atoms with Gasteiger partial charge in [0, 0.05) is 6.04 Å². The monoisotopic (exact) mass is 341 g/mol. The van der Waals surface area contributed by atoms with E-state index in [4.69, 9.17) is 0 Å². The van der Waals surface area contributed by atoms with Gasteiger partial charge in [0.2, 0.25) is 0 Å². The summed E-state index contributed by atoms with van der Waals surface area (Å²) in [5.74, 6) is -0.0378. The lowest BCUT2D eigenvalue weighted by Crippen LogP contribution is -2.38. The van der Waals surface area contributed by atoms with Crippen LogP contribution in [0.2, 0.25) is 0 Å². The fraction of sp³-hybridized carbons (Fsp3) is 0.500. The molecule has 134 valence electrons. The van der Waals surface area contributed by atoms with Crippen LogP contribution in [-0.2, 0) is 13.0 Å². The second kappa shape index (κ2) is 8.30. The Hall–Kier alpha value is -2.14. The Balaban J connectivity index is 1.73. The molecule has 5 heteroatoms. The van der Waals surface area contributed by atoms with Crippen molar-refractivity contribution in [2.75, 3.05) is 0 Å². The number of nitrogens with zero attached hydrogens (tertiary/aromatic N) is 2. The van der Waals surface area contributed by atoms with Crippen LogP contribution in [0.1, 0.15) is 60.6 Å². The highest BCUT2D eigenvalue weighted by Gasteiger charge is 2.23. The highest BCUT2D eigenvalue weighted by molar-refractivity contribution is 5.95. The van der Waals surface area contributed by atoms with Crippen molar-refractivity contribution in [3.8, 4) is 0 Å². The first-order valence-corrected chi connectivity index (χ1v) is 9.25. The van der Waals surface area contributed by atoms with Crippen LogP contribution in [0, 0.1) is 0 Å². The van der Waals surface area contributed by atoms with E-state index in [1.54, 1.807) is 6.20 Å². The van der Waals surface area contributed by atoms with E-state index >= 15 is 0 Å². The van der Waals surface area contributed by atoms with E-state index in [-0.39, 0.29) is 18.1 Å². The van der Waals surface area contributed by atoms with Crippen molar-refractivity contribution in [1.82, 2.24) is 15.1 Å². The van der Waals surface area contributed by atoms with Crippen molar-refractivity contribution >= 4 is 5.91 Å². The standard InChI is InChI=1S/C20H27N3O2/c1-2-6-19-18(20(25)22-16-9-11-17(24)12-10-16)13-21-23(19)14-15-7-4-3-5-8-15/h3-5,7-8,13,16-17,24H,2,6,9-12,14H2,1H3,(H,22,25). The molecule has 1 amide bonds. The summed E-state index contributed by atoms with van der Waals surface area (Å²) in [6.07, 6.45) is 6.50. The molecule has 1 aliphatic carbocycles. The maximum absolute atomic E-state index is 12.7. The van der Waals surface area contributed by atoms with Crippen LogP contribution in [0.4, 0.5) is 0 Å². The molecule has 1 fully saturated rings. The van der Waals surface area contributed by atoms with E-state index in [1.807, 2.05) is 22.9 Å². The molecule has 0 unspecified atom stereocenters. The number of carbonyl (C=O) groups is 1. The van der Waals surface area contributed by atoms with E-state index in [0.717, 1.165) is 44.2 Å². The molecule has 0 atom stereocenters. The number of nitrogens with one attached hydrogen (secondary N) is 1. The van der Waals surface area contributed by atoms with Gasteiger partial charge >= 0.3 is 0 Å². The van der Waals surface area contributed by atoms with E-state index in [1.165, 1.54) is 5.56 Å². The zero-order valence-corrected chi connectivity index (χ0v) is 14.8. The lowest BCUT2D eigenvalue weighted by molar-refractivity contribution is 0.0866. The highest BCUT2D eigenvalue weighted by Crippen LogP contribution is 2.20. The van der Waals surface area contributed by atoms with Crippen molar-refractivity contribution in [1.29, 1.82) is 0 Å². The third-order valence-corrected chi connectivity index (χ3v) is 4.89. The number of hydrogen-bond donors (Lipinski definition) is 2. The van der Waals surface area contributed by atoms with Gasteiger partial charge in [0.1, 0.15) is 0 Å². The number of aliphatic hydroxyl groups excluding tert-OH is 1. The number of aromatic nitrogens is 2. The Labute approximate surface area is 149 Å². The van der Waals surface area contributed by atoms with E-state index in [2.05, 4.69) is 29.5 Å². The first-order valence-electron chi connectivity index (χ1n) is 9.25. The van der Waals surface area contributed by atoms with E-state index < -0.39 is 0 Å². The van der Waals surface area contributed by atoms with Gasteiger partial charge in [-0.25, -0.2) is 0 Å². The molecule has 0 spiro atoms. The van der Waals surface area contributed by atoms with E-state index in [9.17, 15) is 9.90 Å². The molecule has 0 bridgehead atoms. The molecule has 0 saturated heterocycles. The van der Waals surface area contributed by atoms with Gasteiger partial charge in [0.15, 0.2) is 0 Å². The minimum absolute atomic E-state index is 0.0378. The van der Waals surface area contributed by atoms with Crippen molar-refractivity contribution in [2.45, 2.75) is 64.1 Å². The fourth-order valence-corrected chi connectivity index (χ4v) is 3.48. The highest BCUT2D eigenvalue weighted by atomic mass is 16.3. The maximum atomic E-state index is 12.7. The maximum Gasteiger partial charge on any atom is 0.254 e. The molecule has 1 aromatic heterocycles. The van der Waals surface area contributed by atoms with Crippen LogP contribution in [0.15, 0.2) is 36.5 Å². The summed E-state index contributed by atoms with van der Waals surface area (Å²) in [6, 6.07) is 10.3. The Morgan fingerprint density at radius 1 is 1.24 bits per heavy atom. The number of hydrogen-bond acceptors (Lipinski definition) is 3. The van der Waals surface area contributed by atoms with E-state index in [0.29, 0.717) is 12.1 Å². The number of amides is 1. The summed E-state index contributed by atoms with van der Waals surface area (Å²) in [7, 11) is 0. The van der Waals surface area contributed by atoms with Crippen LogP contribution in [0.5, 0.6) is 0 Å². The van der Waals surface area contributed by atoms with Crippen molar-refractivity contribution < 1.29 is 9.90 Å². The van der Waals surface area contributed by atoms with Crippen LogP contribution >= 0.6 is 0 Å². The van der Waals surface area contributed by atoms with Crippen molar-refractivity contribution in [2.24, 2.45) is 0 Å². The Bertz CT molecular complexity index is 688. The summed E-state index contributed by atoms with van der Waals surface area (Å²) in [4.78, 5) is 12.7. The molecular formula is C20H27N3O2. The van der Waals surface area contributed by atoms with Crippen molar-refractivity contribution in [3.05, 3.63) is 53.3 Å². The molecule has 2 aromatic rings. The van der Waals surface area contributed by atoms with Crippen LogP contribution < -0.4 is 5.32 Å². The summed E-state index contributed by atoms with van der Waals surface area (Å²) in [5, 5.41) is 17.2. The largest absolute Gasteiger partial charge is 0.393 e. The van der Waals surface area contributed by atoms with Gasteiger partial charge in [-0.1, -0.05) is 43.7 Å². The molecule has 3 rings (SSSR count). The van der Waals surface area contributed by atoms with Gasteiger partial charge in [-0.05, 0) is 37.7 Å². The minimum atomic E-state index is -0.211. The van der Waals surface area contributed by atoms with Gasteiger partial charge in [-0.2, -0.15) is 5.10 Å². The average Bonchev–Trinajstić information content (AvgIpc) is 3.01. The molecule has 1 aromatic carbocycles. The summed E-state index contributed by atoms with van der Waals surface area (Å²) < 4.78 is 1.94. The summed E-state index contributed by atoms with van der Waals surface area (Å²) in [6.45, 7) is 2.79. The molecular weight excluding hydrogens is 314 g/mol. The van der Waals surface area contributed by atoms with Crippen LogP contribution in [-0.4, -0.2) is 32.9 Å². The minimum Gasteiger partial charge on any atom is -0.393 e. The lowest BCUT2D eigenvalue weighted by atomic mass is 9.93. The molecule has 25 heavy (non-hydrogen) atoms. The lowest BCUT2D eigenvalue weighted by Gasteiger charge is -2.26. The van der Waals surface area contributed by atoms with Crippen LogP contribution in [0.25, 0.3) is 0 Å². The molecule has 1 heterocycles. The topological polar surface area (TPSA) is 67.2 Å². The number of carbonyl (C=O) groups excluding carboxylic acids is 1. The van der Waals surface area contributed by atoms with Gasteiger partial charge in [0.25, 0.3) is 5.91 Å². The SMILES string of the molecule is CCCc1c(C(=O)NC2CCC(O)CC2)cnn1Cc1ccccc1. The molecule has 1 aliphatic rings. The van der Waals surface area contributed by atoms with Gasteiger partial charge in [-0.3, -0.25) is 9.48 Å². The zero-order valence-electron chi connectivity index (χ0n) is 14.8. The predicted octanol–water partition coefficient (Wildman–Crippen LogP) is 2.92. The normalized spacial score (nSPS) is 20.4. The zero-order chi connectivity index (χ0) is 17.6. The first-order chi connectivity index (χ1) is 12.2. The molecule has 2 N–H and O–H groups in total. The van der Waals surface area contributed by atoms with Gasteiger partial charge in [-0.15, -0.1) is 0 Å². The van der Waals surface area contributed by atoms with Gasteiger partial charge < -0.3 is 10.4 Å². The second-order valence-electron chi connectivity index (χ2n) is 6.88. The van der Waals surface area contributed by atoms with Gasteiger partial charge in [0.05, 0.1) is 30.1 Å². The third-order valence-electron chi connectivity index (χ3n) is 4.89. The smallest absolute Gasteiger partial charge is 0.254 e. The Morgan fingerprint density at radius 3 is 2.64 bits per heavy atom. The second-order valence-corrected chi connectivity index (χ2v) is 6.88. The quantitative estimate of drug-likeness (QED) is 0.849. The number of benzene rings is 1. The Morgan fingerprint density at radius 2 is 1.96 bits per heavy atom. The third kappa shape index (κ3) is 4.48. The number of aliphatic hydroxyl groups is 1. The predicted molar refractivity (Wildman–Crippen MR) is 97.5 cm³/mol. The average molecular weight is 341 g/mol. The molecule has 0 radical (unpaired) electrons. The first kappa shape index (κ1) is 17.7. The summed E-state index contributed by atoms with van der Waals surface area (Å²) >= 11 is 0. The number of rotatable bonds is 6. The molecule has 0 aliphatic heterocycles. The molecule has 5 nitrogen and oxygen atoms in total. The fourth-order valence-electron chi connectivity index (χ4n) is 3.48. The van der Waals surface area contributed by atoms with Crippen molar-refractivity contribution in [3.63, 3.8) is 0 Å². The van der Waals surface area contributed by atoms with Crippen LogP contribution in [0.3, 0.4) is 0 Å². The Kier molecular flexibility index (Phi) is 5.87. The summed E-state index contributed by atoms with van der Waals surface area (Å²) in [5.41, 5.74) is 2.86. The molecule has 1 saturated carbocycles.